The van der Waals surface area contributed by atoms with Crippen LogP contribution in [0.1, 0.15) is 32.6 Å². The SMILES string of the molecule is CC(CN)CSCC1CCCC1. The zero-order valence-corrected chi connectivity index (χ0v) is 8.91. The van der Waals surface area contributed by atoms with E-state index >= 15 is 0 Å². The van der Waals surface area contributed by atoms with Gasteiger partial charge in [-0.15, -0.1) is 0 Å². The summed E-state index contributed by atoms with van der Waals surface area (Å²) in [6.07, 6.45) is 5.89. The minimum atomic E-state index is 0.705. The van der Waals surface area contributed by atoms with Gasteiger partial charge in [0, 0.05) is 0 Å². The molecule has 1 aliphatic carbocycles. The maximum atomic E-state index is 5.55. The van der Waals surface area contributed by atoms with Crippen molar-refractivity contribution in [2.45, 2.75) is 32.6 Å². The lowest BCUT2D eigenvalue weighted by Crippen LogP contribution is -2.13. The van der Waals surface area contributed by atoms with Gasteiger partial charge in [-0.05, 0) is 42.7 Å². The first kappa shape index (κ1) is 10.4. The van der Waals surface area contributed by atoms with Gasteiger partial charge < -0.3 is 5.73 Å². The van der Waals surface area contributed by atoms with Crippen molar-refractivity contribution < 1.29 is 0 Å². The Morgan fingerprint density at radius 1 is 1.42 bits per heavy atom. The monoisotopic (exact) mass is 187 g/mol. The molecule has 0 bridgehead atoms. The van der Waals surface area contributed by atoms with Crippen LogP contribution >= 0.6 is 11.8 Å². The van der Waals surface area contributed by atoms with Gasteiger partial charge in [-0.2, -0.15) is 11.8 Å². The second-order valence-electron chi connectivity index (χ2n) is 4.03. The van der Waals surface area contributed by atoms with Crippen LogP contribution in [0.25, 0.3) is 0 Å². The largest absolute Gasteiger partial charge is 0.330 e. The molecule has 0 amide bonds. The molecule has 0 heterocycles. The molecule has 0 spiro atoms. The van der Waals surface area contributed by atoms with Gasteiger partial charge >= 0.3 is 0 Å². The van der Waals surface area contributed by atoms with Crippen molar-refractivity contribution in [1.29, 1.82) is 0 Å². The number of rotatable bonds is 5. The van der Waals surface area contributed by atoms with Gasteiger partial charge in [0.2, 0.25) is 0 Å². The maximum Gasteiger partial charge on any atom is -0.00296 e. The molecule has 0 saturated heterocycles. The molecule has 2 heteroatoms. The Morgan fingerprint density at radius 2 is 2.08 bits per heavy atom. The van der Waals surface area contributed by atoms with E-state index < -0.39 is 0 Å². The molecule has 12 heavy (non-hydrogen) atoms. The first-order valence-electron chi connectivity index (χ1n) is 5.10. The highest BCUT2D eigenvalue weighted by Crippen LogP contribution is 2.28. The molecule has 0 aromatic rings. The van der Waals surface area contributed by atoms with Crippen molar-refractivity contribution in [3.63, 3.8) is 0 Å². The minimum absolute atomic E-state index is 0.705. The summed E-state index contributed by atoms with van der Waals surface area (Å²) in [6, 6.07) is 0. The van der Waals surface area contributed by atoms with Crippen LogP contribution in [-0.2, 0) is 0 Å². The normalized spacial score (nSPS) is 21.5. The van der Waals surface area contributed by atoms with E-state index in [2.05, 4.69) is 18.7 Å². The Labute approximate surface area is 80.5 Å². The first-order valence-corrected chi connectivity index (χ1v) is 6.26. The van der Waals surface area contributed by atoms with Gasteiger partial charge in [0.1, 0.15) is 0 Å². The second-order valence-corrected chi connectivity index (χ2v) is 5.10. The van der Waals surface area contributed by atoms with Crippen molar-refractivity contribution in [2.75, 3.05) is 18.1 Å². The summed E-state index contributed by atoms with van der Waals surface area (Å²) in [5, 5.41) is 0. The third kappa shape index (κ3) is 3.81. The van der Waals surface area contributed by atoms with E-state index in [0.717, 1.165) is 12.5 Å². The minimum Gasteiger partial charge on any atom is -0.330 e. The Bertz CT molecular complexity index is 110. The molecule has 0 radical (unpaired) electrons. The summed E-state index contributed by atoms with van der Waals surface area (Å²) in [7, 11) is 0. The predicted molar refractivity (Wildman–Crippen MR) is 57.5 cm³/mol. The molecule has 1 aliphatic rings. The molecule has 1 atom stereocenters. The lowest BCUT2D eigenvalue weighted by Gasteiger charge is -2.11. The van der Waals surface area contributed by atoms with Crippen LogP contribution in [-0.4, -0.2) is 18.1 Å². The third-order valence-electron chi connectivity index (χ3n) is 2.63. The van der Waals surface area contributed by atoms with Crippen LogP contribution in [0.5, 0.6) is 0 Å². The van der Waals surface area contributed by atoms with Crippen molar-refractivity contribution in [3.8, 4) is 0 Å². The van der Waals surface area contributed by atoms with E-state index in [9.17, 15) is 0 Å². The maximum absolute atomic E-state index is 5.55. The van der Waals surface area contributed by atoms with Crippen LogP contribution < -0.4 is 5.73 Å². The molecule has 1 nitrogen and oxygen atoms in total. The summed E-state index contributed by atoms with van der Waals surface area (Å²) < 4.78 is 0. The van der Waals surface area contributed by atoms with Gasteiger partial charge in [-0.25, -0.2) is 0 Å². The van der Waals surface area contributed by atoms with Crippen LogP contribution in [0.3, 0.4) is 0 Å². The second kappa shape index (κ2) is 5.87. The first-order chi connectivity index (χ1) is 5.83. The Kier molecular flexibility index (Phi) is 5.08. The van der Waals surface area contributed by atoms with Gasteiger partial charge in [-0.3, -0.25) is 0 Å². The highest BCUT2D eigenvalue weighted by atomic mass is 32.2. The third-order valence-corrected chi connectivity index (χ3v) is 4.14. The van der Waals surface area contributed by atoms with Crippen LogP contribution in [0.4, 0.5) is 0 Å². The lowest BCUT2D eigenvalue weighted by molar-refractivity contribution is 0.619. The van der Waals surface area contributed by atoms with Crippen molar-refractivity contribution >= 4 is 11.8 Å². The smallest absolute Gasteiger partial charge is 0.00296 e. The van der Waals surface area contributed by atoms with E-state index in [-0.39, 0.29) is 0 Å². The van der Waals surface area contributed by atoms with Crippen molar-refractivity contribution in [2.24, 2.45) is 17.6 Å². The highest BCUT2D eigenvalue weighted by molar-refractivity contribution is 7.99. The number of nitrogens with two attached hydrogens (primary N) is 1. The zero-order valence-electron chi connectivity index (χ0n) is 8.09. The molecular weight excluding hydrogens is 166 g/mol. The standard InChI is InChI=1S/C10H21NS/c1-9(6-11)7-12-8-10-4-2-3-5-10/h9-10H,2-8,11H2,1H3. The molecular formula is C10H21NS. The highest BCUT2D eigenvalue weighted by Gasteiger charge is 2.14. The fraction of sp³-hybridized carbons (Fsp3) is 1.00. The Balaban J connectivity index is 1.94. The average molecular weight is 187 g/mol. The van der Waals surface area contributed by atoms with E-state index in [4.69, 9.17) is 5.73 Å². The van der Waals surface area contributed by atoms with E-state index in [1.165, 1.54) is 37.2 Å². The molecule has 1 saturated carbocycles. The number of hydrogen-bond acceptors (Lipinski definition) is 2. The summed E-state index contributed by atoms with van der Waals surface area (Å²) in [5.41, 5.74) is 5.55. The fourth-order valence-corrected chi connectivity index (χ4v) is 3.02. The summed E-state index contributed by atoms with van der Waals surface area (Å²) in [5.74, 6) is 4.37. The Morgan fingerprint density at radius 3 is 2.67 bits per heavy atom. The van der Waals surface area contributed by atoms with E-state index in [1.807, 2.05) is 0 Å². The van der Waals surface area contributed by atoms with Gasteiger partial charge in [0.05, 0.1) is 0 Å². The quantitative estimate of drug-likeness (QED) is 0.715. The molecule has 1 unspecified atom stereocenters. The molecule has 0 aromatic heterocycles. The zero-order chi connectivity index (χ0) is 8.81. The molecule has 0 aliphatic heterocycles. The molecule has 2 N–H and O–H groups in total. The molecule has 72 valence electrons. The fourth-order valence-electron chi connectivity index (χ4n) is 1.68. The van der Waals surface area contributed by atoms with Crippen molar-refractivity contribution in [1.82, 2.24) is 0 Å². The van der Waals surface area contributed by atoms with Gasteiger partial charge in [0.15, 0.2) is 0 Å². The van der Waals surface area contributed by atoms with E-state index in [0.29, 0.717) is 5.92 Å². The summed E-state index contributed by atoms with van der Waals surface area (Å²) in [4.78, 5) is 0. The molecule has 0 aromatic carbocycles. The van der Waals surface area contributed by atoms with E-state index in [1.54, 1.807) is 0 Å². The summed E-state index contributed by atoms with van der Waals surface area (Å²) in [6.45, 7) is 3.08. The number of thioether (sulfide) groups is 1. The number of hydrogen-bond donors (Lipinski definition) is 1. The van der Waals surface area contributed by atoms with Gasteiger partial charge in [-0.1, -0.05) is 19.8 Å². The Hall–Kier alpha value is 0.310. The van der Waals surface area contributed by atoms with Crippen LogP contribution in [0.15, 0.2) is 0 Å². The molecule has 1 rings (SSSR count). The van der Waals surface area contributed by atoms with Gasteiger partial charge in [0.25, 0.3) is 0 Å². The summed E-state index contributed by atoms with van der Waals surface area (Å²) >= 11 is 2.10. The van der Waals surface area contributed by atoms with Crippen LogP contribution in [0, 0.1) is 11.8 Å². The van der Waals surface area contributed by atoms with Crippen molar-refractivity contribution in [3.05, 3.63) is 0 Å². The van der Waals surface area contributed by atoms with Crippen LogP contribution in [0.2, 0.25) is 0 Å². The average Bonchev–Trinajstić information content (AvgIpc) is 2.57. The molecule has 1 fully saturated rings. The predicted octanol–water partition coefficient (Wildman–Crippen LogP) is 2.50. The topological polar surface area (TPSA) is 26.0 Å². The lowest BCUT2D eigenvalue weighted by atomic mass is 10.1.